The minimum Gasteiger partial charge on any atom is -0.316 e. The van der Waals surface area contributed by atoms with Crippen LogP contribution < -0.4 is 5.32 Å². The van der Waals surface area contributed by atoms with Crippen molar-refractivity contribution in [2.24, 2.45) is 0 Å². The maximum Gasteiger partial charge on any atom is 0.213 e. The lowest BCUT2D eigenvalue weighted by Gasteiger charge is -2.14. The lowest BCUT2D eigenvalue weighted by molar-refractivity contribution is 0.465. The minimum absolute atomic E-state index is 0.212. The van der Waals surface area contributed by atoms with Gasteiger partial charge in [-0.05, 0) is 20.4 Å². The Kier molecular flexibility index (Phi) is 3.09. The Labute approximate surface area is 74.0 Å². The fourth-order valence-corrected chi connectivity index (χ4v) is 2.55. The van der Waals surface area contributed by atoms with Crippen molar-refractivity contribution in [2.75, 3.05) is 25.9 Å². The summed E-state index contributed by atoms with van der Waals surface area (Å²) in [5.41, 5.74) is 0. The van der Waals surface area contributed by atoms with Gasteiger partial charge in [-0.3, -0.25) is 0 Å². The zero-order chi connectivity index (χ0) is 9.19. The van der Waals surface area contributed by atoms with Crippen molar-refractivity contribution in [1.29, 1.82) is 0 Å². The summed E-state index contributed by atoms with van der Waals surface area (Å²) in [5.74, 6) is 0.212. The molecular formula is C7H16N2O2S. The van der Waals surface area contributed by atoms with Crippen molar-refractivity contribution in [2.45, 2.75) is 19.4 Å². The van der Waals surface area contributed by atoms with E-state index < -0.39 is 10.0 Å². The molecule has 0 unspecified atom stereocenters. The summed E-state index contributed by atoms with van der Waals surface area (Å²) in [6.07, 6.45) is 0.926. The molecule has 1 saturated heterocycles. The zero-order valence-electron chi connectivity index (χ0n) is 7.58. The van der Waals surface area contributed by atoms with Gasteiger partial charge < -0.3 is 5.32 Å². The van der Waals surface area contributed by atoms with Gasteiger partial charge in [0.05, 0.1) is 5.75 Å². The van der Waals surface area contributed by atoms with Crippen LogP contribution in [0.15, 0.2) is 0 Å². The topological polar surface area (TPSA) is 49.4 Å². The van der Waals surface area contributed by atoms with Crippen LogP contribution in [0, 0.1) is 0 Å². The Bertz CT molecular complexity index is 238. The number of hydrogen-bond donors (Lipinski definition) is 1. The Hall–Kier alpha value is -0.130. The normalized spacial score (nSPS) is 26.3. The van der Waals surface area contributed by atoms with Gasteiger partial charge in [0, 0.05) is 19.1 Å². The molecule has 1 aliphatic rings. The lowest BCUT2D eigenvalue weighted by Crippen LogP contribution is -2.34. The summed E-state index contributed by atoms with van der Waals surface area (Å²) in [5, 5.41) is 3.08. The van der Waals surface area contributed by atoms with Crippen LogP contribution in [-0.2, 0) is 10.0 Å². The lowest BCUT2D eigenvalue weighted by atomic mass is 10.3. The Balaban J connectivity index is 2.58. The largest absolute Gasteiger partial charge is 0.316 e. The molecule has 12 heavy (non-hydrogen) atoms. The molecule has 5 heteroatoms. The fourth-order valence-electron chi connectivity index (χ4n) is 1.40. The molecule has 1 heterocycles. The summed E-state index contributed by atoms with van der Waals surface area (Å²) in [7, 11) is -1.08. The Morgan fingerprint density at radius 2 is 2.25 bits per heavy atom. The smallest absolute Gasteiger partial charge is 0.213 e. The number of nitrogens with zero attached hydrogens (tertiary/aromatic N) is 1. The van der Waals surface area contributed by atoms with Crippen molar-refractivity contribution in [3.63, 3.8) is 0 Å². The molecule has 0 spiro atoms. The molecule has 0 bridgehead atoms. The van der Waals surface area contributed by atoms with Crippen LogP contribution in [-0.4, -0.2) is 44.7 Å². The molecule has 0 saturated carbocycles. The third-order valence-corrected chi connectivity index (χ3v) is 4.17. The molecule has 1 aliphatic heterocycles. The highest BCUT2D eigenvalue weighted by Gasteiger charge is 2.28. The van der Waals surface area contributed by atoms with Gasteiger partial charge in [-0.1, -0.05) is 0 Å². The van der Waals surface area contributed by atoms with E-state index in [4.69, 9.17) is 0 Å². The predicted molar refractivity (Wildman–Crippen MR) is 48.5 cm³/mol. The average Bonchev–Trinajstić information content (AvgIpc) is 2.52. The van der Waals surface area contributed by atoms with Crippen LogP contribution in [0.2, 0.25) is 0 Å². The van der Waals surface area contributed by atoms with E-state index in [1.807, 2.05) is 7.05 Å². The highest BCUT2D eigenvalue weighted by molar-refractivity contribution is 7.89. The first-order valence-electron chi connectivity index (χ1n) is 4.25. The van der Waals surface area contributed by atoms with Crippen LogP contribution >= 0.6 is 0 Å². The molecule has 0 aliphatic carbocycles. The molecular weight excluding hydrogens is 176 g/mol. The Morgan fingerprint density at radius 1 is 1.58 bits per heavy atom. The third-order valence-electron chi connectivity index (χ3n) is 2.32. The third kappa shape index (κ3) is 1.97. The molecule has 1 rings (SSSR count). The number of sulfonamides is 1. The van der Waals surface area contributed by atoms with Crippen LogP contribution in [0.4, 0.5) is 0 Å². The van der Waals surface area contributed by atoms with E-state index in [9.17, 15) is 8.42 Å². The molecule has 1 N–H and O–H groups in total. The first-order chi connectivity index (χ1) is 5.60. The summed E-state index contributed by atoms with van der Waals surface area (Å²) < 4.78 is 24.3. The monoisotopic (exact) mass is 192 g/mol. The van der Waals surface area contributed by atoms with E-state index in [-0.39, 0.29) is 5.75 Å². The SMILES string of the molecule is CCS(=O)(=O)N1CC[C@H](NC)C1. The standard InChI is InChI=1S/C7H16N2O2S/c1-3-12(10,11)9-5-4-7(6-9)8-2/h7-8H,3-6H2,1-2H3/t7-/m0/s1. The van der Waals surface area contributed by atoms with Gasteiger partial charge in [-0.2, -0.15) is 0 Å². The van der Waals surface area contributed by atoms with Gasteiger partial charge in [-0.15, -0.1) is 0 Å². The molecule has 0 radical (unpaired) electrons. The molecule has 4 nitrogen and oxygen atoms in total. The second-order valence-electron chi connectivity index (χ2n) is 3.03. The molecule has 0 amide bonds. The predicted octanol–water partition coefficient (Wildman–Crippen LogP) is -0.370. The summed E-state index contributed by atoms with van der Waals surface area (Å²) >= 11 is 0. The van der Waals surface area contributed by atoms with Gasteiger partial charge in [0.15, 0.2) is 0 Å². The van der Waals surface area contributed by atoms with E-state index in [1.54, 1.807) is 11.2 Å². The molecule has 72 valence electrons. The number of hydrogen-bond acceptors (Lipinski definition) is 3. The number of nitrogens with one attached hydrogen (secondary N) is 1. The van der Waals surface area contributed by atoms with Crippen molar-refractivity contribution in [3.8, 4) is 0 Å². The van der Waals surface area contributed by atoms with E-state index in [0.29, 0.717) is 19.1 Å². The average molecular weight is 192 g/mol. The second-order valence-corrected chi connectivity index (χ2v) is 5.29. The molecule has 1 fully saturated rings. The first kappa shape index (κ1) is 9.95. The molecule has 1 atom stereocenters. The van der Waals surface area contributed by atoms with Crippen molar-refractivity contribution >= 4 is 10.0 Å². The second kappa shape index (κ2) is 3.72. The van der Waals surface area contributed by atoms with Gasteiger partial charge in [0.25, 0.3) is 0 Å². The van der Waals surface area contributed by atoms with Crippen molar-refractivity contribution in [1.82, 2.24) is 9.62 Å². The number of likely N-dealkylation sites (N-methyl/N-ethyl adjacent to an activating group) is 1. The first-order valence-corrected chi connectivity index (χ1v) is 5.86. The summed E-state index contributed by atoms with van der Waals surface area (Å²) in [6, 6.07) is 0.339. The maximum absolute atomic E-state index is 11.4. The van der Waals surface area contributed by atoms with Crippen LogP contribution in [0.3, 0.4) is 0 Å². The van der Waals surface area contributed by atoms with E-state index in [0.717, 1.165) is 6.42 Å². The van der Waals surface area contributed by atoms with Crippen LogP contribution in [0.25, 0.3) is 0 Å². The quantitative estimate of drug-likeness (QED) is 0.664. The molecule has 0 aromatic rings. The number of rotatable bonds is 3. The van der Waals surface area contributed by atoms with Gasteiger partial charge >= 0.3 is 0 Å². The van der Waals surface area contributed by atoms with Crippen molar-refractivity contribution in [3.05, 3.63) is 0 Å². The molecule has 0 aromatic carbocycles. The summed E-state index contributed by atoms with van der Waals surface area (Å²) in [4.78, 5) is 0. The van der Waals surface area contributed by atoms with Crippen molar-refractivity contribution < 1.29 is 8.42 Å². The zero-order valence-corrected chi connectivity index (χ0v) is 8.39. The van der Waals surface area contributed by atoms with Gasteiger partial charge in [0.2, 0.25) is 10.0 Å². The van der Waals surface area contributed by atoms with E-state index >= 15 is 0 Å². The van der Waals surface area contributed by atoms with E-state index in [2.05, 4.69) is 5.32 Å². The fraction of sp³-hybridized carbons (Fsp3) is 1.00. The van der Waals surface area contributed by atoms with E-state index in [1.165, 1.54) is 0 Å². The van der Waals surface area contributed by atoms with Gasteiger partial charge in [-0.25, -0.2) is 12.7 Å². The van der Waals surface area contributed by atoms with Crippen LogP contribution in [0.1, 0.15) is 13.3 Å². The van der Waals surface area contributed by atoms with Crippen LogP contribution in [0.5, 0.6) is 0 Å². The summed E-state index contributed by atoms with van der Waals surface area (Å²) in [6.45, 7) is 2.98. The maximum atomic E-state index is 11.4. The van der Waals surface area contributed by atoms with Gasteiger partial charge in [0.1, 0.15) is 0 Å². The highest BCUT2D eigenvalue weighted by Crippen LogP contribution is 2.13. The highest BCUT2D eigenvalue weighted by atomic mass is 32.2. The molecule has 0 aromatic heterocycles. The Morgan fingerprint density at radius 3 is 2.67 bits per heavy atom. The minimum atomic E-state index is -2.95.